The SMILES string of the molecule is Cc1cnn(CCNc2ncccc2OC(C)C)c1. The van der Waals surface area contributed by atoms with Gasteiger partial charge in [0.05, 0.1) is 18.8 Å². The van der Waals surface area contributed by atoms with Crippen molar-refractivity contribution in [1.29, 1.82) is 0 Å². The second-order valence-corrected chi connectivity index (χ2v) is 4.72. The lowest BCUT2D eigenvalue weighted by Crippen LogP contribution is -2.14. The first-order chi connectivity index (χ1) is 9.15. The van der Waals surface area contributed by atoms with Crippen LogP contribution in [-0.2, 0) is 6.54 Å². The highest BCUT2D eigenvalue weighted by Gasteiger charge is 2.05. The van der Waals surface area contributed by atoms with Gasteiger partial charge in [-0.1, -0.05) is 0 Å². The second kappa shape index (κ2) is 6.22. The fourth-order valence-electron chi connectivity index (χ4n) is 1.75. The lowest BCUT2D eigenvalue weighted by molar-refractivity contribution is 0.243. The van der Waals surface area contributed by atoms with E-state index in [0.717, 1.165) is 24.7 Å². The summed E-state index contributed by atoms with van der Waals surface area (Å²) in [4.78, 5) is 4.30. The maximum Gasteiger partial charge on any atom is 0.168 e. The van der Waals surface area contributed by atoms with Crippen LogP contribution < -0.4 is 10.1 Å². The van der Waals surface area contributed by atoms with Crippen molar-refractivity contribution >= 4 is 5.82 Å². The molecular weight excluding hydrogens is 240 g/mol. The van der Waals surface area contributed by atoms with Gasteiger partial charge in [0, 0.05) is 18.9 Å². The standard InChI is InChI=1S/C14H20N4O/c1-11(2)19-13-5-4-6-15-14(13)16-7-8-18-10-12(3)9-17-18/h4-6,9-11H,7-8H2,1-3H3,(H,15,16). The molecule has 0 aromatic carbocycles. The zero-order valence-electron chi connectivity index (χ0n) is 11.6. The molecule has 2 aromatic rings. The molecule has 0 spiro atoms. The van der Waals surface area contributed by atoms with Crippen molar-refractivity contribution in [3.63, 3.8) is 0 Å². The van der Waals surface area contributed by atoms with Gasteiger partial charge in [-0.05, 0) is 38.5 Å². The summed E-state index contributed by atoms with van der Waals surface area (Å²) in [5.41, 5.74) is 1.17. The zero-order chi connectivity index (χ0) is 13.7. The van der Waals surface area contributed by atoms with Crippen LogP contribution in [0.3, 0.4) is 0 Å². The third-order valence-corrected chi connectivity index (χ3v) is 2.53. The van der Waals surface area contributed by atoms with Crippen molar-refractivity contribution < 1.29 is 4.74 Å². The van der Waals surface area contributed by atoms with E-state index in [1.807, 2.05) is 50.0 Å². The lowest BCUT2D eigenvalue weighted by Gasteiger charge is -2.14. The molecule has 0 bridgehead atoms. The van der Waals surface area contributed by atoms with Crippen molar-refractivity contribution in [2.75, 3.05) is 11.9 Å². The lowest BCUT2D eigenvalue weighted by atomic mass is 10.4. The molecule has 2 rings (SSSR count). The van der Waals surface area contributed by atoms with E-state index in [1.165, 1.54) is 5.56 Å². The highest BCUT2D eigenvalue weighted by atomic mass is 16.5. The highest BCUT2D eigenvalue weighted by molar-refractivity contribution is 5.49. The van der Waals surface area contributed by atoms with Crippen LogP contribution >= 0.6 is 0 Å². The molecule has 0 radical (unpaired) electrons. The summed E-state index contributed by atoms with van der Waals surface area (Å²) in [6, 6.07) is 3.80. The molecule has 2 aromatic heterocycles. The van der Waals surface area contributed by atoms with E-state index in [2.05, 4.69) is 15.4 Å². The Morgan fingerprint density at radius 2 is 2.26 bits per heavy atom. The Balaban J connectivity index is 1.92. The van der Waals surface area contributed by atoms with Gasteiger partial charge in [-0.25, -0.2) is 4.98 Å². The molecule has 0 aliphatic rings. The molecule has 19 heavy (non-hydrogen) atoms. The number of hydrogen-bond acceptors (Lipinski definition) is 4. The summed E-state index contributed by atoms with van der Waals surface area (Å²) in [7, 11) is 0. The van der Waals surface area contributed by atoms with Gasteiger partial charge in [-0.2, -0.15) is 5.10 Å². The molecule has 0 atom stereocenters. The van der Waals surface area contributed by atoms with E-state index < -0.39 is 0 Å². The number of rotatable bonds is 6. The maximum atomic E-state index is 5.70. The van der Waals surface area contributed by atoms with Gasteiger partial charge in [0.2, 0.25) is 0 Å². The number of pyridine rings is 1. The molecule has 0 aliphatic heterocycles. The fraction of sp³-hybridized carbons (Fsp3) is 0.429. The summed E-state index contributed by atoms with van der Waals surface area (Å²) >= 11 is 0. The van der Waals surface area contributed by atoms with E-state index in [9.17, 15) is 0 Å². The quantitative estimate of drug-likeness (QED) is 0.867. The van der Waals surface area contributed by atoms with E-state index in [1.54, 1.807) is 6.20 Å². The molecule has 5 heteroatoms. The minimum Gasteiger partial charge on any atom is -0.487 e. The number of nitrogens with one attached hydrogen (secondary N) is 1. The Hall–Kier alpha value is -2.04. The molecule has 5 nitrogen and oxygen atoms in total. The summed E-state index contributed by atoms with van der Waals surface area (Å²) in [6.45, 7) is 7.59. The van der Waals surface area contributed by atoms with E-state index in [0.29, 0.717) is 0 Å². The van der Waals surface area contributed by atoms with Crippen LogP contribution in [0, 0.1) is 6.92 Å². The maximum absolute atomic E-state index is 5.70. The third kappa shape index (κ3) is 3.98. The van der Waals surface area contributed by atoms with Crippen LogP contribution in [-0.4, -0.2) is 27.4 Å². The predicted octanol–water partition coefficient (Wildman–Crippen LogP) is 2.49. The Morgan fingerprint density at radius 3 is 2.95 bits per heavy atom. The average molecular weight is 260 g/mol. The average Bonchev–Trinajstić information content (AvgIpc) is 2.77. The minimum atomic E-state index is 0.138. The van der Waals surface area contributed by atoms with Gasteiger partial charge in [-0.15, -0.1) is 0 Å². The van der Waals surface area contributed by atoms with Gasteiger partial charge in [0.25, 0.3) is 0 Å². The summed E-state index contributed by atoms with van der Waals surface area (Å²) in [5.74, 6) is 1.56. The number of anilines is 1. The molecule has 0 aliphatic carbocycles. The number of aryl methyl sites for hydroxylation is 1. The molecule has 1 N–H and O–H groups in total. The largest absolute Gasteiger partial charge is 0.487 e. The molecule has 0 saturated heterocycles. The topological polar surface area (TPSA) is 52.0 Å². The third-order valence-electron chi connectivity index (χ3n) is 2.53. The Kier molecular flexibility index (Phi) is 4.39. The first-order valence-electron chi connectivity index (χ1n) is 6.50. The number of aromatic nitrogens is 3. The van der Waals surface area contributed by atoms with Crippen molar-refractivity contribution in [3.05, 3.63) is 36.3 Å². The van der Waals surface area contributed by atoms with E-state index >= 15 is 0 Å². The van der Waals surface area contributed by atoms with Gasteiger partial charge in [0.1, 0.15) is 0 Å². The van der Waals surface area contributed by atoms with Crippen LogP contribution in [0.15, 0.2) is 30.7 Å². The highest BCUT2D eigenvalue weighted by Crippen LogP contribution is 2.21. The fourth-order valence-corrected chi connectivity index (χ4v) is 1.75. The number of hydrogen-bond donors (Lipinski definition) is 1. The molecule has 0 amide bonds. The van der Waals surface area contributed by atoms with Crippen molar-refractivity contribution in [2.45, 2.75) is 33.4 Å². The molecule has 0 saturated carbocycles. The molecule has 2 heterocycles. The molecule has 0 fully saturated rings. The first kappa shape index (κ1) is 13.4. The van der Waals surface area contributed by atoms with Crippen molar-refractivity contribution in [3.8, 4) is 5.75 Å². The Morgan fingerprint density at radius 1 is 1.42 bits per heavy atom. The van der Waals surface area contributed by atoms with Crippen molar-refractivity contribution in [1.82, 2.24) is 14.8 Å². The first-order valence-corrected chi connectivity index (χ1v) is 6.50. The van der Waals surface area contributed by atoms with Crippen LogP contribution in [0.2, 0.25) is 0 Å². The van der Waals surface area contributed by atoms with Crippen molar-refractivity contribution in [2.24, 2.45) is 0 Å². The van der Waals surface area contributed by atoms with Gasteiger partial charge in [-0.3, -0.25) is 4.68 Å². The van der Waals surface area contributed by atoms with Gasteiger partial charge < -0.3 is 10.1 Å². The Bertz CT molecular complexity index is 522. The summed E-state index contributed by atoms with van der Waals surface area (Å²) < 4.78 is 7.62. The molecule has 0 unspecified atom stereocenters. The Labute approximate surface area is 113 Å². The predicted molar refractivity (Wildman–Crippen MR) is 75.5 cm³/mol. The minimum absolute atomic E-state index is 0.138. The van der Waals surface area contributed by atoms with Crippen LogP contribution in [0.4, 0.5) is 5.82 Å². The molecular formula is C14H20N4O. The van der Waals surface area contributed by atoms with Crippen LogP contribution in [0.5, 0.6) is 5.75 Å². The normalized spacial score (nSPS) is 10.7. The van der Waals surface area contributed by atoms with E-state index in [-0.39, 0.29) is 6.10 Å². The zero-order valence-corrected chi connectivity index (χ0v) is 11.6. The van der Waals surface area contributed by atoms with Gasteiger partial charge in [0.15, 0.2) is 11.6 Å². The number of nitrogens with zero attached hydrogens (tertiary/aromatic N) is 3. The monoisotopic (exact) mass is 260 g/mol. The van der Waals surface area contributed by atoms with E-state index in [4.69, 9.17) is 4.74 Å². The second-order valence-electron chi connectivity index (χ2n) is 4.72. The molecule has 102 valence electrons. The summed E-state index contributed by atoms with van der Waals surface area (Å²) in [6.07, 6.45) is 5.77. The van der Waals surface area contributed by atoms with Gasteiger partial charge >= 0.3 is 0 Å². The summed E-state index contributed by atoms with van der Waals surface area (Å²) in [5, 5.41) is 7.52. The van der Waals surface area contributed by atoms with Crippen LogP contribution in [0.25, 0.3) is 0 Å². The smallest absolute Gasteiger partial charge is 0.168 e. The number of ether oxygens (including phenoxy) is 1. The van der Waals surface area contributed by atoms with Crippen LogP contribution in [0.1, 0.15) is 19.4 Å².